The highest BCUT2D eigenvalue weighted by Gasteiger charge is 2.18. The summed E-state index contributed by atoms with van der Waals surface area (Å²) in [6.45, 7) is 0. The minimum absolute atomic E-state index is 0.591. The van der Waals surface area contributed by atoms with E-state index < -0.39 is 0 Å². The van der Waals surface area contributed by atoms with E-state index in [1.165, 1.54) is 0 Å². The van der Waals surface area contributed by atoms with Crippen molar-refractivity contribution in [3.05, 3.63) is 194 Å². The lowest BCUT2D eigenvalue weighted by atomic mass is 9.96. The fraction of sp³-hybridized carbons (Fsp3) is 0. The second-order valence-corrected chi connectivity index (χ2v) is 13.4. The molecule has 0 aliphatic rings. The Hall–Kier alpha value is -7.50. The van der Waals surface area contributed by atoms with Crippen LogP contribution in [0.3, 0.4) is 0 Å². The summed E-state index contributed by atoms with van der Waals surface area (Å²) in [7, 11) is 0. The molecule has 10 rings (SSSR count). The van der Waals surface area contributed by atoms with Crippen molar-refractivity contribution >= 4 is 21.9 Å². The summed E-state index contributed by atoms with van der Waals surface area (Å²) in [6.07, 6.45) is 0. The molecule has 0 fully saturated rings. The highest BCUT2D eigenvalue weighted by molar-refractivity contribution is 6.11. The Morgan fingerprint density at radius 3 is 1.58 bits per heavy atom. The molecule has 0 bridgehead atoms. The third-order valence-electron chi connectivity index (χ3n) is 9.99. The number of oxazole rings is 1. The quantitative estimate of drug-likeness (QED) is 0.165. The second kappa shape index (κ2) is 13.8. The van der Waals surface area contributed by atoms with Gasteiger partial charge >= 0.3 is 0 Å². The first-order valence-electron chi connectivity index (χ1n) is 18.3. The van der Waals surface area contributed by atoms with E-state index in [0.29, 0.717) is 23.4 Å². The molecule has 0 saturated carbocycles. The Balaban J connectivity index is 1.13. The van der Waals surface area contributed by atoms with Crippen LogP contribution in [-0.2, 0) is 0 Å². The van der Waals surface area contributed by atoms with Crippen molar-refractivity contribution in [1.29, 1.82) is 0 Å². The van der Waals surface area contributed by atoms with Crippen LogP contribution >= 0.6 is 0 Å². The number of rotatable bonds is 7. The van der Waals surface area contributed by atoms with Crippen molar-refractivity contribution in [2.45, 2.75) is 0 Å². The van der Waals surface area contributed by atoms with Crippen LogP contribution in [0.5, 0.6) is 0 Å². The van der Waals surface area contributed by atoms with Gasteiger partial charge in [0.1, 0.15) is 5.52 Å². The van der Waals surface area contributed by atoms with E-state index in [2.05, 4.69) is 140 Å². The van der Waals surface area contributed by atoms with Gasteiger partial charge in [-0.3, -0.25) is 0 Å². The summed E-state index contributed by atoms with van der Waals surface area (Å²) in [4.78, 5) is 20.3. The van der Waals surface area contributed by atoms with Gasteiger partial charge in [-0.05, 0) is 63.0 Å². The number of hydrogen-bond donors (Lipinski definition) is 0. The Labute approximate surface area is 318 Å². The molecule has 0 radical (unpaired) electrons. The van der Waals surface area contributed by atoms with Crippen LogP contribution in [0.2, 0.25) is 0 Å². The largest absolute Gasteiger partial charge is 0.435 e. The van der Waals surface area contributed by atoms with Crippen molar-refractivity contribution in [2.24, 2.45) is 0 Å². The molecule has 0 aliphatic carbocycles. The maximum Gasteiger partial charge on any atom is 0.227 e. The van der Waals surface area contributed by atoms with Crippen molar-refractivity contribution in [3.63, 3.8) is 0 Å². The fourth-order valence-corrected chi connectivity index (χ4v) is 7.27. The summed E-state index contributed by atoms with van der Waals surface area (Å²) in [6, 6.07) is 66.4. The van der Waals surface area contributed by atoms with E-state index in [1.807, 2.05) is 54.6 Å². The monoisotopic (exact) mass is 704 g/mol. The van der Waals surface area contributed by atoms with Gasteiger partial charge in [0.25, 0.3) is 0 Å². The van der Waals surface area contributed by atoms with Gasteiger partial charge in [-0.15, -0.1) is 0 Å². The van der Waals surface area contributed by atoms with E-state index >= 15 is 0 Å². The number of benzene rings is 8. The molecule has 0 amide bonds. The fourth-order valence-electron chi connectivity index (χ4n) is 7.27. The lowest BCUT2D eigenvalue weighted by Crippen LogP contribution is -2.01. The van der Waals surface area contributed by atoms with Crippen LogP contribution in [0.15, 0.2) is 199 Å². The van der Waals surface area contributed by atoms with E-state index in [9.17, 15) is 0 Å². The van der Waals surface area contributed by atoms with E-state index in [-0.39, 0.29) is 0 Å². The molecule has 2 heterocycles. The standard InChI is InChI=1S/C50H32N4O/c1-4-14-33(15-5-1)34-26-28-37(29-27-34)47-52-48(54-49(53-47)43-24-11-10-23-41(43)35-16-6-2-7-17-35)40-22-12-21-39(32-40)42-25-13-20-36-30-31-44-46(45(36)42)55-50(51-44)38-18-8-3-9-19-38/h1-32H. The van der Waals surface area contributed by atoms with Crippen LogP contribution < -0.4 is 0 Å². The predicted molar refractivity (Wildman–Crippen MR) is 223 cm³/mol. The van der Waals surface area contributed by atoms with E-state index in [4.69, 9.17) is 24.4 Å². The first-order chi connectivity index (χ1) is 27.2. The molecule has 5 nitrogen and oxygen atoms in total. The average molecular weight is 705 g/mol. The van der Waals surface area contributed by atoms with Crippen LogP contribution in [0, 0.1) is 0 Å². The minimum Gasteiger partial charge on any atom is -0.435 e. The molecule has 258 valence electrons. The van der Waals surface area contributed by atoms with Gasteiger partial charge in [0, 0.05) is 27.6 Å². The van der Waals surface area contributed by atoms with Gasteiger partial charge < -0.3 is 4.42 Å². The first kappa shape index (κ1) is 32.2. The van der Waals surface area contributed by atoms with Crippen LogP contribution in [0.4, 0.5) is 0 Å². The van der Waals surface area contributed by atoms with Gasteiger partial charge in [0.2, 0.25) is 5.89 Å². The molecule has 0 unspecified atom stereocenters. The van der Waals surface area contributed by atoms with Gasteiger partial charge in [0.05, 0.1) is 0 Å². The molecule has 8 aromatic carbocycles. The molecule has 10 aromatic rings. The third-order valence-corrected chi connectivity index (χ3v) is 9.99. The number of nitrogens with zero attached hydrogens (tertiary/aromatic N) is 4. The first-order valence-corrected chi connectivity index (χ1v) is 18.3. The zero-order valence-electron chi connectivity index (χ0n) is 29.7. The van der Waals surface area contributed by atoms with Crippen LogP contribution in [0.25, 0.3) is 101 Å². The van der Waals surface area contributed by atoms with E-state index in [0.717, 1.165) is 77.5 Å². The molecule has 2 aromatic heterocycles. The van der Waals surface area contributed by atoms with Crippen molar-refractivity contribution in [1.82, 2.24) is 19.9 Å². The Kier molecular flexibility index (Phi) is 8.08. The molecule has 5 heteroatoms. The zero-order valence-corrected chi connectivity index (χ0v) is 29.7. The molecule has 0 atom stereocenters. The molecule has 55 heavy (non-hydrogen) atoms. The summed E-state index contributed by atoms with van der Waals surface area (Å²) in [5.74, 6) is 2.41. The number of aromatic nitrogens is 4. The summed E-state index contributed by atoms with van der Waals surface area (Å²) in [5.41, 5.74) is 11.8. The van der Waals surface area contributed by atoms with Crippen molar-refractivity contribution in [2.75, 3.05) is 0 Å². The highest BCUT2D eigenvalue weighted by atomic mass is 16.3. The zero-order chi connectivity index (χ0) is 36.6. The second-order valence-electron chi connectivity index (χ2n) is 13.4. The molecular formula is C50H32N4O. The molecule has 0 aliphatic heterocycles. The Bertz CT molecular complexity index is 2960. The summed E-state index contributed by atoms with van der Waals surface area (Å²) >= 11 is 0. The minimum atomic E-state index is 0.591. The highest BCUT2D eigenvalue weighted by Crippen LogP contribution is 2.38. The molecule has 0 N–H and O–H groups in total. The maximum atomic E-state index is 6.51. The van der Waals surface area contributed by atoms with E-state index in [1.54, 1.807) is 0 Å². The average Bonchev–Trinajstić information content (AvgIpc) is 3.72. The topological polar surface area (TPSA) is 64.7 Å². The maximum absolute atomic E-state index is 6.51. The van der Waals surface area contributed by atoms with Gasteiger partial charge in [-0.1, -0.05) is 170 Å². The molecule has 0 spiro atoms. The van der Waals surface area contributed by atoms with Crippen molar-refractivity contribution < 1.29 is 4.42 Å². The van der Waals surface area contributed by atoms with Gasteiger partial charge in [0.15, 0.2) is 23.1 Å². The predicted octanol–water partition coefficient (Wildman–Crippen LogP) is 12.8. The lowest BCUT2D eigenvalue weighted by Gasteiger charge is -2.13. The SMILES string of the molecule is c1ccc(-c2ccc(-c3nc(-c4cccc(-c5cccc6ccc7nc(-c8ccccc8)oc7c56)c4)nc(-c4ccccc4-c4ccccc4)n3)cc2)cc1. The Morgan fingerprint density at radius 2 is 0.836 bits per heavy atom. The lowest BCUT2D eigenvalue weighted by molar-refractivity contribution is 0.623. The molecular weight excluding hydrogens is 673 g/mol. The Morgan fingerprint density at radius 1 is 0.309 bits per heavy atom. The normalized spacial score (nSPS) is 11.3. The van der Waals surface area contributed by atoms with Gasteiger partial charge in [-0.2, -0.15) is 0 Å². The number of fused-ring (bicyclic) bond motifs is 3. The third kappa shape index (κ3) is 6.14. The summed E-state index contributed by atoms with van der Waals surface area (Å²) < 4.78 is 6.51. The van der Waals surface area contributed by atoms with Gasteiger partial charge in [-0.25, -0.2) is 19.9 Å². The van der Waals surface area contributed by atoms with Crippen LogP contribution in [-0.4, -0.2) is 19.9 Å². The number of hydrogen-bond acceptors (Lipinski definition) is 5. The van der Waals surface area contributed by atoms with Crippen molar-refractivity contribution in [3.8, 4) is 79.0 Å². The molecule has 0 saturated heterocycles. The van der Waals surface area contributed by atoms with Crippen LogP contribution in [0.1, 0.15) is 0 Å². The summed E-state index contributed by atoms with van der Waals surface area (Å²) in [5, 5.41) is 2.09. The smallest absolute Gasteiger partial charge is 0.227 e.